The molecule has 2 N–H and O–H groups in total. The Bertz CT molecular complexity index is 1180. The molecular weight excluding hydrogens is 420 g/mol. The van der Waals surface area contributed by atoms with Gasteiger partial charge in [0, 0.05) is 0 Å². The van der Waals surface area contributed by atoms with E-state index in [0.717, 1.165) is 46.9 Å². The normalized spacial score (nSPS) is 28.0. The monoisotopic (exact) mass is 451 g/mol. The van der Waals surface area contributed by atoms with Crippen LogP contribution in [0.3, 0.4) is 0 Å². The zero-order valence-electron chi connectivity index (χ0n) is 18.5. The van der Waals surface area contributed by atoms with Crippen molar-refractivity contribution in [1.29, 1.82) is 0 Å². The first-order chi connectivity index (χ1) is 15.3. The summed E-state index contributed by atoms with van der Waals surface area (Å²) < 4.78 is 13.6. The summed E-state index contributed by atoms with van der Waals surface area (Å²) in [4.78, 5) is 4.43. The average molecular weight is 452 g/mol. The maximum absolute atomic E-state index is 13.6. The molecule has 5 heteroatoms. The van der Waals surface area contributed by atoms with E-state index in [1.807, 2.05) is 18.2 Å². The number of phenolic OH excluding ortho intramolecular Hbond substituents is 1. The van der Waals surface area contributed by atoms with Gasteiger partial charge in [0.25, 0.3) is 0 Å². The second kappa shape index (κ2) is 7.64. The topological polar surface area (TPSA) is 53.4 Å². The van der Waals surface area contributed by atoms with Crippen molar-refractivity contribution >= 4 is 17.5 Å². The summed E-state index contributed by atoms with van der Waals surface area (Å²) in [5.74, 6) is 0.993. The third-order valence-electron chi connectivity index (χ3n) is 8.42. The fourth-order valence-electron chi connectivity index (χ4n) is 6.72. The average Bonchev–Trinajstić information content (AvgIpc) is 2.79. The van der Waals surface area contributed by atoms with Crippen molar-refractivity contribution in [1.82, 2.24) is 4.98 Å². The van der Waals surface area contributed by atoms with E-state index >= 15 is 0 Å². The van der Waals surface area contributed by atoms with Gasteiger partial charge in [-0.15, -0.1) is 0 Å². The van der Waals surface area contributed by atoms with Gasteiger partial charge < -0.3 is 0 Å². The quantitative estimate of drug-likeness (QED) is 0.365. The van der Waals surface area contributed by atoms with Gasteiger partial charge in [-0.25, -0.2) is 0 Å². The zero-order chi connectivity index (χ0) is 22.5. The molecule has 1 aromatic heterocycles. The number of hydrogen-bond acceptors (Lipinski definition) is 3. The Morgan fingerprint density at radius 1 is 1.22 bits per heavy atom. The van der Waals surface area contributed by atoms with Crippen LogP contribution in [0.25, 0.3) is 10.9 Å². The molecule has 6 rings (SSSR count). The molecule has 3 saturated heterocycles. The number of halogens is 1. The van der Waals surface area contributed by atoms with E-state index in [0.29, 0.717) is 11.8 Å². The summed E-state index contributed by atoms with van der Waals surface area (Å²) in [6.07, 6.45) is 8.56. The van der Waals surface area contributed by atoms with Gasteiger partial charge in [-0.1, -0.05) is 0 Å². The number of phenols is 1. The summed E-state index contributed by atoms with van der Waals surface area (Å²) in [6, 6.07) is 14.0. The van der Waals surface area contributed by atoms with Crippen molar-refractivity contribution in [2.45, 2.75) is 30.8 Å². The van der Waals surface area contributed by atoms with Gasteiger partial charge in [0.1, 0.15) is 0 Å². The van der Waals surface area contributed by atoms with Crippen LogP contribution < -0.4 is 0 Å². The molecule has 0 saturated carbocycles. The number of pyridine rings is 1. The fourth-order valence-corrected chi connectivity index (χ4v) is 14.1. The van der Waals surface area contributed by atoms with Crippen LogP contribution in [0.5, 0.6) is 5.75 Å². The van der Waals surface area contributed by atoms with E-state index in [1.165, 1.54) is 6.42 Å². The first kappa shape index (κ1) is 21.6. The van der Waals surface area contributed by atoms with E-state index in [4.69, 9.17) is 0 Å². The van der Waals surface area contributed by atoms with Crippen LogP contribution in [-0.2, 0) is 6.16 Å². The van der Waals surface area contributed by atoms with E-state index in [2.05, 4.69) is 24.3 Å². The molecule has 3 fully saturated rings. The second-order valence-corrected chi connectivity index (χ2v) is 17.1. The van der Waals surface area contributed by atoms with Gasteiger partial charge in [0.15, 0.2) is 0 Å². The van der Waals surface area contributed by atoms with Crippen LogP contribution in [0.1, 0.15) is 30.1 Å². The maximum atomic E-state index is 13.6. The number of hydrogen-bond donors (Lipinski definition) is 2. The molecule has 2 bridgehead atoms. The Morgan fingerprint density at radius 3 is 2.75 bits per heavy atom. The Kier molecular flexibility index (Phi) is 5.15. The van der Waals surface area contributed by atoms with Crippen LogP contribution in [0.2, 0.25) is 0 Å². The number of benzene rings is 2. The molecule has 0 amide bonds. The van der Waals surface area contributed by atoms with Gasteiger partial charge >= 0.3 is 189 Å². The Labute approximate surface area is 188 Å². The SMILES string of the molecule is C=CC1CP2(C)(Cc3ccc(F)cc3)CCC1CC2[C@@H](O)c1ccnc2ccc(O)cc12. The van der Waals surface area contributed by atoms with Gasteiger partial charge in [-0.05, 0) is 0 Å². The number of aliphatic hydroxyl groups excluding tert-OH is 1. The number of fused-ring (bicyclic) bond motifs is 4. The summed E-state index contributed by atoms with van der Waals surface area (Å²) in [6.45, 7) is 4.16. The molecule has 3 aliphatic rings. The molecule has 0 radical (unpaired) electrons. The molecule has 32 heavy (non-hydrogen) atoms. The van der Waals surface area contributed by atoms with Crippen LogP contribution >= 0.6 is 6.60 Å². The van der Waals surface area contributed by atoms with Gasteiger partial charge in [0.2, 0.25) is 0 Å². The van der Waals surface area contributed by atoms with E-state index in [-0.39, 0.29) is 17.2 Å². The molecule has 3 aliphatic heterocycles. The minimum absolute atomic E-state index is 0.161. The van der Waals surface area contributed by atoms with Gasteiger partial charge in [-0.2, -0.15) is 0 Å². The van der Waals surface area contributed by atoms with E-state index in [9.17, 15) is 14.6 Å². The predicted molar refractivity (Wildman–Crippen MR) is 131 cm³/mol. The number of aliphatic hydroxyl groups is 1. The first-order valence-corrected chi connectivity index (χ1v) is 14.7. The van der Waals surface area contributed by atoms with Crippen LogP contribution in [0.4, 0.5) is 4.39 Å². The van der Waals surface area contributed by atoms with Crippen molar-refractivity contribution in [2.75, 3.05) is 19.0 Å². The molecule has 3 unspecified atom stereocenters. The molecule has 4 atom stereocenters. The van der Waals surface area contributed by atoms with Crippen LogP contribution in [-0.4, -0.2) is 39.8 Å². The number of nitrogens with zero attached hydrogens (tertiary/aromatic N) is 1. The van der Waals surface area contributed by atoms with Gasteiger partial charge in [0.05, 0.1) is 0 Å². The number of allylic oxidation sites excluding steroid dienone is 1. The van der Waals surface area contributed by atoms with Crippen molar-refractivity contribution < 1.29 is 14.6 Å². The Morgan fingerprint density at radius 2 is 2.00 bits per heavy atom. The van der Waals surface area contributed by atoms with E-state index in [1.54, 1.807) is 36.5 Å². The summed E-state index contributed by atoms with van der Waals surface area (Å²) >= 11 is 0. The van der Waals surface area contributed by atoms with Crippen LogP contribution in [0.15, 0.2) is 67.4 Å². The molecule has 3 nitrogen and oxygen atoms in total. The first-order valence-electron chi connectivity index (χ1n) is 11.4. The van der Waals surface area contributed by atoms with Gasteiger partial charge in [-0.3, -0.25) is 0 Å². The number of aromatic nitrogens is 1. The van der Waals surface area contributed by atoms with Crippen molar-refractivity contribution in [2.24, 2.45) is 11.8 Å². The number of rotatable bonds is 5. The Hall–Kier alpha value is -2.29. The Balaban J connectivity index is 1.61. The molecule has 3 aromatic rings. The third kappa shape index (κ3) is 3.45. The molecule has 4 heterocycles. The minimum atomic E-state index is -2.44. The number of aromatic hydroxyl groups is 1. The molecular formula is C27H31FNO2P. The fraction of sp³-hybridized carbons (Fsp3) is 0.370. The van der Waals surface area contributed by atoms with Crippen LogP contribution in [0, 0.1) is 17.7 Å². The predicted octanol–water partition coefficient (Wildman–Crippen LogP) is 6.09. The summed E-state index contributed by atoms with van der Waals surface area (Å²) in [7, 11) is 0. The van der Waals surface area contributed by atoms with Crippen molar-refractivity contribution in [3.05, 3.63) is 84.3 Å². The molecule has 0 aliphatic carbocycles. The van der Waals surface area contributed by atoms with Crippen molar-refractivity contribution in [3.8, 4) is 5.75 Å². The van der Waals surface area contributed by atoms with E-state index < -0.39 is 12.7 Å². The standard InChI is InChI=1S/C27H31FNO2P/c1-3-19-17-32(2,16-18-4-6-21(28)7-5-18)13-11-20(19)14-26(32)27(31)23-10-12-29-25-9-8-22(30)15-24(23)25/h3-10,12,15,19-20,26-27,30-31H,1,11,13-14,16-17H2,2H3/t19?,20?,26?,27-/m0/s1. The molecule has 0 spiro atoms. The summed E-state index contributed by atoms with van der Waals surface area (Å²) in [5.41, 5.74) is 2.95. The molecule has 2 aromatic carbocycles. The zero-order valence-corrected chi connectivity index (χ0v) is 19.4. The molecule has 168 valence electrons. The van der Waals surface area contributed by atoms with Crippen molar-refractivity contribution in [3.63, 3.8) is 0 Å². The third-order valence-corrected chi connectivity index (χ3v) is 15.4. The summed E-state index contributed by atoms with van der Waals surface area (Å²) in [5, 5.41) is 22.8. The second-order valence-electron chi connectivity index (χ2n) is 10.4.